The summed E-state index contributed by atoms with van der Waals surface area (Å²) < 4.78 is 96.4. The lowest BCUT2D eigenvalue weighted by Crippen LogP contribution is -2.13. The van der Waals surface area contributed by atoms with Crippen LogP contribution in [0.2, 0.25) is 0 Å². The van der Waals surface area contributed by atoms with Crippen LogP contribution in [0.3, 0.4) is 0 Å². The summed E-state index contributed by atoms with van der Waals surface area (Å²) in [4.78, 5) is 29.1. The second-order valence-corrected chi connectivity index (χ2v) is 20.0. The molecule has 0 N–H and O–H groups in total. The van der Waals surface area contributed by atoms with Crippen molar-refractivity contribution in [3.05, 3.63) is 155 Å². The Morgan fingerprint density at radius 2 is 0.581 bits per heavy atom. The van der Waals surface area contributed by atoms with Gasteiger partial charge in [-0.25, -0.2) is 9.59 Å². The first-order chi connectivity index (χ1) is 42.4. The van der Waals surface area contributed by atoms with Crippen LogP contribution in [0.15, 0.2) is 121 Å². The maximum atomic E-state index is 14.6. The van der Waals surface area contributed by atoms with Crippen molar-refractivity contribution in [2.45, 2.75) is 26.4 Å². The third-order valence-electron chi connectivity index (χ3n) is 14.7. The van der Waals surface area contributed by atoms with E-state index in [0.29, 0.717) is 151 Å². The van der Waals surface area contributed by atoms with Crippen LogP contribution in [-0.4, -0.2) is 146 Å². The van der Waals surface area contributed by atoms with E-state index >= 15 is 0 Å². The van der Waals surface area contributed by atoms with Gasteiger partial charge in [0.05, 0.1) is 172 Å². The van der Waals surface area contributed by atoms with Gasteiger partial charge in [0.1, 0.15) is 0 Å². The minimum Gasteiger partial charge on any atom is -0.492 e. The van der Waals surface area contributed by atoms with Crippen LogP contribution in [0.4, 0.5) is 0 Å². The maximum absolute atomic E-state index is 14.6. The molecule has 8 aromatic carbocycles. The fourth-order valence-electron chi connectivity index (χ4n) is 10.6. The molecule has 452 valence electrons. The van der Waals surface area contributed by atoms with Gasteiger partial charge in [0.25, 0.3) is 0 Å². The summed E-state index contributed by atoms with van der Waals surface area (Å²) in [6.07, 6.45) is 0. The molecule has 2 aliphatic heterocycles. The summed E-state index contributed by atoms with van der Waals surface area (Å²) in [7, 11) is 6.23. The van der Waals surface area contributed by atoms with Crippen LogP contribution in [0, 0.1) is 0 Å². The molecule has 0 aromatic heterocycles. The van der Waals surface area contributed by atoms with Crippen LogP contribution >= 0.6 is 0 Å². The predicted molar refractivity (Wildman–Crippen MR) is 322 cm³/mol. The fraction of sp³-hybridized carbons (Fsp3) is 0.353. The first-order valence-corrected chi connectivity index (χ1v) is 28.7. The van der Waals surface area contributed by atoms with Crippen molar-refractivity contribution in [3.8, 4) is 56.8 Å². The number of carbonyl (C=O) groups excluding carboxylic acids is 2. The summed E-state index contributed by atoms with van der Waals surface area (Å²) >= 11 is 0. The number of ether oxygens (including phenoxy) is 16. The van der Waals surface area contributed by atoms with E-state index in [9.17, 15) is 9.59 Å². The zero-order valence-electron chi connectivity index (χ0n) is 49.0. The van der Waals surface area contributed by atoms with Crippen molar-refractivity contribution >= 4 is 44.3 Å². The van der Waals surface area contributed by atoms with E-state index in [2.05, 4.69) is 0 Å². The van der Waals surface area contributed by atoms with Gasteiger partial charge in [0.15, 0.2) is 34.5 Å². The van der Waals surface area contributed by atoms with E-state index in [4.69, 9.17) is 75.8 Å². The van der Waals surface area contributed by atoms with E-state index in [1.165, 1.54) is 14.2 Å². The highest BCUT2D eigenvalue weighted by Crippen LogP contribution is 2.58. The molecule has 18 heteroatoms. The van der Waals surface area contributed by atoms with Crippen molar-refractivity contribution in [3.63, 3.8) is 0 Å². The Morgan fingerprint density at radius 3 is 0.907 bits per heavy atom. The number of carbonyl (C=O) groups is 2. The second kappa shape index (κ2) is 31.1. The van der Waals surface area contributed by atoms with Crippen LogP contribution in [0.5, 0.6) is 34.5 Å². The number of rotatable bonds is 10. The average Bonchev–Trinajstić information content (AvgIpc) is 1.41. The van der Waals surface area contributed by atoms with Crippen LogP contribution in [-0.2, 0) is 73.8 Å². The lowest BCUT2D eigenvalue weighted by molar-refractivity contribution is -0.0117. The van der Waals surface area contributed by atoms with Crippen molar-refractivity contribution < 1.29 is 85.4 Å². The first-order valence-electron chi connectivity index (χ1n) is 28.7. The molecule has 0 fully saturated rings. The van der Waals surface area contributed by atoms with Gasteiger partial charge in [-0.15, -0.1) is 0 Å². The molecule has 10 rings (SSSR count). The molecule has 0 spiro atoms. The van der Waals surface area contributed by atoms with Gasteiger partial charge in [-0.05, 0) is 91.0 Å². The summed E-state index contributed by atoms with van der Waals surface area (Å²) in [6.45, 7) is 7.54. The van der Waals surface area contributed by atoms with Crippen molar-refractivity contribution in [2.24, 2.45) is 0 Å². The lowest BCUT2D eigenvalue weighted by Gasteiger charge is -2.25. The van der Waals surface area contributed by atoms with E-state index < -0.39 is 11.9 Å². The molecule has 0 bridgehead atoms. The second-order valence-electron chi connectivity index (χ2n) is 20.0. The van der Waals surface area contributed by atoms with Crippen LogP contribution in [0.25, 0.3) is 54.6 Å². The Balaban J connectivity index is 1.03. The van der Waals surface area contributed by atoms with Gasteiger partial charge in [-0.2, -0.15) is 0 Å². The Morgan fingerprint density at radius 1 is 0.302 bits per heavy atom. The molecular formula is C68H72O18. The maximum Gasteiger partial charge on any atom is 0.343 e. The third kappa shape index (κ3) is 14.7. The molecule has 0 amide bonds. The fourth-order valence-corrected chi connectivity index (χ4v) is 10.6. The summed E-state index contributed by atoms with van der Waals surface area (Å²) in [5.41, 5.74) is 6.16. The van der Waals surface area contributed by atoms with Crippen molar-refractivity contribution in [2.75, 3.05) is 134 Å². The monoisotopic (exact) mass is 1180 g/mol. The zero-order chi connectivity index (χ0) is 59.5. The molecule has 0 radical (unpaired) electrons. The number of fused-ring (bicyclic) bond motifs is 5. The highest BCUT2D eigenvalue weighted by Gasteiger charge is 2.32. The standard InChI is InChI=1S/C68H72O18/c1-71-63-57(85-67(69)47-17-19-49-41-81-33-29-77-25-21-75-23-27-79-31-35-83-43-51(49)37-47)39-45-11-5-7-13-53(45)59(63)61-55-15-9-10-16-56(55)62(66(74-4)65(61)73-3)60-54-14-8-6-12-46(54)40-58(64(60)72-2)86-68(70)48-18-20-50-42-82-34-30-78-26-22-76-24-28-80-32-36-84-44-52(50)38-48/h5-20,37-40H,21-36,41-44H2,1-4H3. The van der Waals surface area contributed by atoms with Crippen LogP contribution < -0.4 is 28.4 Å². The number of methoxy groups -OCH3 is 4. The smallest absolute Gasteiger partial charge is 0.343 e. The third-order valence-corrected chi connectivity index (χ3v) is 14.7. The Kier molecular flexibility index (Phi) is 22.2. The highest BCUT2D eigenvalue weighted by molar-refractivity contribution is 6.19. The summed E-state index contributed by atoms with van der Waals surface area (Å²) in [5.74, 6) is 0.318. The van der Waals surface area contributed by atoms with Gasteiger partial charge in [0.2, 0.25) is 0 Å². The molecule has 0 aliphatic carbocycles. The van der Waals surface area contributed by atoms with Gasteiger partial charge < -0.3 is 75.8 Å². The SMILES string of the molecule is COc1c(OC(=O)c2ccc3c(c2)COCCOCCOCCOCCOC3)cc2ccccc2c1-c1c(OC)c(OC)c(-c2c(OC)c(OC(=O)c3ccc4c(c3)COCCOCCOCCOCCOC4)cc3ccccc23)c2ccccc12. The zero-order valence-corrected chi connectivity index (χ0v) is 49.0. The minimum absolute atomic E-state index is 0.168. The van der Waals surface area contributed by atoms with Gasteiger partial charge in [-0.3, -0.25) is 0 Å². The average molecular weight is 1180 g/mol. The predicted octanol–water partition coefficient (Wildman–Crippen LogP) is 11.1. The molecule has 0 saturated carbocycles. The quantitative estimate of drug-likeness (QED) is 0.0930. The normalized spacial score (nSPS) is 16.0. The molecule has 18 nitrogen and oxygen atoms in total. The summed E-state index contributed by atoms with van der Waals surface area (Å²) in [5, 5.41) is 4.53. The molecule has 0 saturated heterocycles. The topological polar surface area (TPSA) is 182 Å². The molecule has 2 aliphatic rings. The van der Waals surface area contributed by atoms with Crippen molar-refractivity contribution in [1.29, 1.82) is 0 Å². The molecule has 2 heterocycles. The number of benzene rings is 8. The Bertz CT molecular complexity index is 3370. The molecule has 86 heavy (non-hydrogen) atoms. The largest absolute Gasteiger partial charge is 0.492 e. The lowest BCUT2D eigenvalue weighted by atomic mass is 9.86. The molecule has 0 atom stereocenters. The molecule has 0 unspecified atom stereocenters. The first kappa shape index (κ1) is 61.4. The highest BCUT2D eigenvalue weighted by atomic mass is 16.6. The van der Waals surface area contributed by atoms with E-state index in [0.717, 1.165) is 54.6 Å². The van der Waals surface area contributed by atoms with E-state index in [1.807, 2.05) is 84.9 Å². The van der Waals surface area contributed by atoms with Gasteiger partial charge in [0, 0.05) is 22.3 Å². The number of hydrogen-bond acceptors (Lipinski definition) is 18. The Labute approximate surface area is 499 Å². The molecule has 8 aromatic rings. The number of esters is 2. The van der Waals surface area contributed by atoms with Gasteiger partial charge >= 0.3 is 11.9 Å². The van der Waals surface area contributed by atoms with E-state index in [1.54, 1.807) is 50.6 Å². The Hall–Kier alpha value is -7.72. The van der Waals surface area contributed by atoms with Crippen molar-refractivity contribution in [1.82, 2.24) is 0 Å². The minimum atomic E-state index is -0.621. The summed E-state index contributed by atoms with van der Waals surface area (Å²) in [6, 6.07) is 37.7. The number of hydrogen-bond donors (Lipinski definition) is 0. The van der Waals surface area contributed by atoms with Gasteiger partial charge in [-0.1, -0.05) is 84.9 Å². The van der Waals surface area contributed by atoms with E-state index in [-0.39, 0.29) is 49.4 Å². The molecular weight excluding hydrogens is 1100 g/mol. The van der Waals surface area contributed by atoms with Crippen LogP contribution in [0.1, 0.15) is 43.0 Å².